The summed E-state index contributed by atoms with van der Waals surface area (Å²) in [5.41, 5.74) is 1.23. The van der Waals surface area contributed by atoms with Crippen molar-refractivity contribution in [1.29, 1.82) is 0 Å². The van der Waals surface area contributed by atoms with Gasteiger partial charge in [0, 0.05) is 43.0 Å². The van der Waals surface area contributed by atoms with Crippen LogP contribution in [0.15, 0.2) is 60.9 Å². The Morgan fingerprint density at radius 2 is 2.00 bits per heavy atom. The molecule has 0 aliphatic carbocycles. The summed E-state index contributed by atoms with van der Waals surface area (Å²) in [6, 6.07) is 12.7. The lowest BCUT2D eigenvalue weighted by Crippen LogP contribution is -2.25. The number of fused-ring (bicyclic) bond motifs is 1. The molecule has 4 rings (SSSR count). The molecule has 6 nitrogen and oxygen atoms in total. The largest absolute Gasteiger partial charge is 0.491 e. The molecule has 2 heterocycles. The van der Waals surface area contributed by atoms with Crippen LogP contribution in [0.2, 0.25) is 0 Å². The Kier molecular flexibility index (Phi) is 5.88. The summed E-state index contributed by atoms with van der Waals surface area (Å²) in [4.78, 5) is 17.0. The lowest BCUT2D eigenvalue weighted by atomic mass is 10.1. The van der Waals surface area contributed by atoms with Crippen molar-refractivity contribution >= 4 is 16.8 Å². The maximum Gasteiger partial charge on any atom is 0.255 e. The maximum absolute atomic E-state index is 14.2. The van der Waals surface area contributed by atoms with Crippen LogP contribution in [0, 0.1) is 11.6 Å². The van der Waals surface area contributed by atoms with Gasteiger partial charge in [-0.15, -0.1) is 0 Å². The van der Waals surface area contributed by atoms with Crippen molar-refractivity contribution in [2.75, 3.05) is 13.2 Å². The molecular weight excluding hydrogens is 402 g/mol. The third kappa shape index (κ3) is 4.53. The zero-order chi connectivity index (χ0) is 21.8. The van der Waals surface area contributed by atoms with Crippen LogP contribution in [0.5, 0.6) is 5.75 Å². The number of aryl methyl sites for hydroxylation is 1. The summed E-state index contributed by atoms with van der Waals surface area (Å²) in [5.74, 6) is -1.17. The van der Waals surface area contributed by atoms with E-state index < -0.39 is 17.5 Å². The number of carbonyl (C=O) groups excluding carboxylic acids is 1. The van der Waals surface area contributed by atoms with Crippen LogP contribution in [-0.2, 0) is 7.05 Å². The van der Waals surface area contributed by atoms with Crippen molar-refractivity contribution in [3.8, 4) is 17.0 Å². The van der Waals surface area contributed by atoms with E-state index in [1.807, 2.05) is 30.3 Å². The molecule has 0 aliphatic rings. The minimum absolute atomic E-state index is 0.0685. The van der Waals surface area contributed by atoms with Crippen molar-refractivity contribution < 1.29 is 18.3 Å². The molecule has 0 saturated heterocycles. The Hall–Kier alpha value is -3.81. The van der Waals surface area contributed by atoms with Gasteiger partial charge >= 0.3 is 0 Å². The Balaban J connectivity index is 1.36. The van der Waals surface area contributed by atoms with E-state index in [0.717, 1.165) is 23.0 Å². The third-order valence-electron chi connectivity index (χ3n) is 4.72. The van der Waals surface area contributed by atoms with Gasteiger partial charge < -0.3 is 10.1 Å². The first kappa shape index (κ1) is 20.5. The van der Waals surface area contributed by atoms with Crippen molar-refractivity contribution in [2.24, 2.45) is 7.05 Å². The van der Waals surface area contributed by atoms with Crippen LogP contribution in [-0.4, -0.2) is 33.8 Å². The number of para-hydroxylation sites is 1. The number of hydrogen-bond acceptors (Lipinski definition) is 4. The molecule has 1 N–H and O–H groups in total. The van der Waals surface area contributed by atoms with Gasteiger partial charge in [0.25, 0.3) is 5.91 Å². The number of hydrogen-bond donors (Lipinski definition) is 1. The fourth-order valence-corrected chi connectivity index (χ4v) is 3.28. The minimum atomic E-state index is -0.773. The van der Waals surface area contributed by atoms with Gasteiger partial charge in [0.15, 0.2) is 0 Å². The van der Waals surface area contributed by atoms with E-state index in [2.05, 4.69) is 15.4 Å². The quantitative estimate of drug-likeness (QED) is 0.455. The number of nitrogens with zero attached hydrogens (tertiary/aromatic N) is 3. The van der Waals surface area contributed by atoms with Crippen LogP contribution in [0.4, 0.5) is 8.78 Å². The van der Waals surface area contributed by atoms with Gasteiger partial charge in [-0.25, -0.2) is 8.78 Å². The first-order chi connectivity index (χ1) is 15.0. The highest BCUT2D eigenvalue weighted by Crippen LogP contribution is 2.26. The van der Waals surface area contributed by atoms with E-state index in [0.29, 0.717) is 25.3 Å². The number of ether oxygens (including phenoxy) is 1. The Bertz CT molecular complexity index is 1230. The summed E-state index contributed by atoms with van der Waals surface area (Å²) in [7, 11) is 1.63. The molecule has 1 amide bonds. The topological polar surface area (TPSA) is 69.0 Å². The number of benzene rings is 2. The third-order valence-corrected chi connectivity index (χ3v) is 4.72. The molecule has 0 fully saturated rings. The molecule has 0 atom stereocenters. The van der Waals surface area contributed by atoms with Crippen LogP contribution >= 0.6 is 0 Å². The predicted octanol–water partition coefficient (Wildman–Crippen LogP) is 4.11. The van der Waals surface area contributed by atoms with Gasteiger partial charge in [0.05, 0.1) is 12.2 Å². The van der Waals surface area contributed by atoms with Crippen LogP contribution < -0.4 is 10.1 Å². The van der Waals surface area contributed by atoms with Crippen molar-refractivity contribution in [3.05, 3.63) is 78.1 Å². The molecule has 0 bridgehead atoms. The summed E-state index contributed by atoms with van der Waals surface area (Å²) >= 11 is 0. The molecule has 0 spiro atoms. The second-order valence-corrected chi connectivity index (χ2v) is 6.98. The van der Waals surface area contributed by atoms with Gasteiger partial charge in [-0.1, -0.05) is 18.2 Å². The van der Waals surface area contributed by atoms with E-state index in [9.17, 15) is 13.6 Å². The summed E-state index contributed by atoms with van der Waals surface area (Å²) < 4.78 is 34.6. The summed E-state index contributed by atoms with van der Waals surface area (Å²) in [5, 5.41) is 7.95. The van der Waals surface area contributed by atoms with E-state index in [4.69, 9.17) is 4.74 Å². The molecule has 158 valence electrons. The standard InChI is InChI=1S/C23H20F2N4O2/c1-29-14-18(22(28-29)17-9-8-16(24)13-19(17)25)23(30)27-11-4-12-31-20-7-2-5-15-6-3-10-26-21(15)20/h2-3,5-10,13-14H,4,11-12H2,1H3,(H,27,30). The van der Waals surface area contributed by atoms with Crippen molar-refractivity contribution in [1.82, 2.24) is 20.1 Å². The normalized spacial score (nSPS) is 10.9. The number of pyridine rings is 1. The monoisotopic (exact) mass is 422 g/mol. The fraction of sp³-hybridized carbons (Fsp3) is 0.174. The predicted molar refractivity (Wildman–Crippen MR) is 113 cm³/mol. The number of halogens is 2. The fourth-order valence-electron chi connectivity index (χ4n) is 3.28. The number of carbonyl (C=O) groups is 1. The molecule has 31 heavy (non-hydrogen) atoms. The average molecular weight is 422 g/mol. The van der Waals surface area contributed by atoms with Gasteiger partial charge in [-0.3, -0.25) is 14.5 Å². The molecule has 0 radical (unpaired) electrons. The zero-order valence-electron chi connectivity index (χ0n) is 16.8. The Morgan fingerprint density at radius 1 is 1.16 bits per heavy atom. The molecule has 0 saturated carbocycles. The van der Waals surface area contributed by atoms with Gasteiger partial charge in [0.2, 0.25) is 0 Å². The van der Waals surface area contributed by atoms with Crippen LogP contribution in [0.1, 0.15) is 16.8 Å². The Morgan fingerprint density at radius 3 is 2.84 bits per heavy atom. The number of aromatic nitrogens is 3. The van der Waals surface area contributed by atoms with Gasteiger partial charge in [0.1, 0.15) is 28.6 Å². The highest BCUT2D eigenvalue weighted by molar-refractivity contribution is 5.99. The van der Waals surface area contributed by atoms with E-state index in [-0.39, 0.29) is 16.8 Å². The molecule has 2 aromatic heterocycles. The lowest BCUT2D eigenvalue weighted by Gasteiger charge is -2.09. The van der Waals surface area contributed by atoms with Gasteiger partial charge in [-0.05, 0) is 30.7 Å². The first-order valence-electron chi connectivity index (χ1n) is 9.77. The van der Waals surface area contributed by atoms with Crippen molar-refractivity contribution in [3.63, 3.8) is 0 Å². The summed E-state index contributed by atoms with van der Waals surface area (Å²) in [6.07, 6.45) is 3.78. The number of amides is 1. The molecule has 8 heteroatoms. The first-order valence-corrected chi connectivity index (χ1v) is 9.77. The SMILES string of the molecule is Cn1cc(C(=O)NCCCOc2cccc3cccnc23)c(-c2ccc(F)cc2F)n1. The van der Waals surface area contributed by atoms with Crippen LogP contribution in [0.3, 0.4) is 0 Å². The second-order valence-electron chi connectivity index (χ2n) is 6.98. The lowest BCUT2D eigenvalue weighted by molar-refractivity contribution is 0.0952. The van der Waals surface area contributed by atoms with Crippen molar-refractivity contribution in [2.45, 2.75) is 6.42 Å². The zero-order valence-corrected chi connectivity index (χ0v) is 16.8. The smallest absolute Gasteiger partial charge is 0.255 e. The number of nitrogens with one attached hydrogen (secondary N) is 1. The second kappa shape index (κ2) is 8.91. The van der Waals surface area contributed by atoms with E-state index in [1.54, 1.807) is 13.2 Å². The molecule has 0 aliphatic heterocycles. The molecule has 0 unspecified atom stereocenters. The molecule has 2 aromatic carbocycles. The summed E-state index contributed by atoms with van der Waals surface area (Å²) in [6.45, 7) is 0.750. The highest BCUT2D eigenvalue weighted by Gasteiger charge is 2.19. The number of rotatable bonds is 7. The average Bonchev–Trinajstić information content (AvgIpc) is 3.15. The van der Waals surface area contributed by atoms with E-state index >= 15 is 0 Å². The highest BCUT2D eigenvalue weighted by atomic mass is 19.1. The van der Waals surface area contributed by atoms with E-state index in [1.165, 1.54) is 16.9 Å². The molecular formula is C23H20F2N4O2. The van der Waals surface area contributed by atoms with Gasteiger partial charge in [-0.2, -0.15) is 5.10 Å². The minimum Gasteiger partial charge on any atom is -0.491 e. The molecule has 4 aromatic rings. The maximum atomic E-state index is 14.2. The van der Waals surface area contributed by atoms with Crippen LogP contribution in [0.25, 0.3) is 22.2 Å². The Labute approximate surface area is 177 Å².